The lowest BCUT2D eigenvalue weighted by Crippen LogP contribution is -2.57. The molecule has 156 valence electrons. The highest BCUT2D eigenvalue weighted by atomic mass is 79.9. The maximum Gasteiger partial charge on any atom is 0.289 e. The highest BCUT2D eigenvalue weighted by Gasteiger charge is 2.42. The topological polar surface area (TPSA) is 67.9 Å². The number of fused-ring (bicyclic) bond motifs is 1. The molecule has 3 fully saturated rings. The molecule has 6 nitrogen and oxygen atoms in total. The van der Waals surface area contributed by atoms with E-state index in [-0.39, 0.29) is 36.6 Å². The molecule has 1 saturated carbocycles. The molecule has 2 heterocycles. The highest BCUT2D eigenvalue weighted by Crippen LogP contribution is 2.33. The van der Waals surface area contributed by atoms with Crippen LogP contribution in [0.25, 0.3) is 6.08 Å². The summed E-state index contributed by atoms with van der Waals surface area (Å²) in [5.41, 5.74) is 0.882. The van der Waals surface area contributed by atoms with Gasteiger partial charge in [0.1, 0.15) is 12.6 Å². The number of rotatable bonds is 5. The number of benzene rings is 1. The average molecular weight is 463 g/mol. The number of ether oxygens (including phenoxy) is 2. The van der Waals surface area contributed by atoms with Crippen LogP contribution in [0.1, 0.15) is 44.1 Å². The van der Waals surface area contributed by atoms with Crippen LogP contribution in [-0.2, 0) is 19.1 Å². The Morgan fingerprint density at radius 2 is 2.03 bits per heavy atom. The van der Waals surface area contributed by atoms with Crippen LogP contribution in [0.2, 0.25) is 0 Å². The Bertz CT molecular complexity index is 791. The van der Waals surface area contributed by atoms with Gasteiger partial charge in [-0.25, -0.2) is 0 Å². The Morgan fingerprint density at radius 3 is 2.83 bits per heavy atom. The van der Waals surface area contributed by atoms with Crippen LogP contribution in [0.3, 0.4) is 0 Å². The van der Waals surface area contributed by atoms with Crippen molar-refractivity contribution in [2.45, 2.75) is 56.8 Å². The summed E-state index contributed by atoms with van der Waals surface area (Å²) in [6.45, 7) is 1.32. The normalized spacial score (nSPS) is 28.2. The standard InChI is InChI=1S/C22H27BrN2O4/c23-17-8-2-1-6-15(17)12-20-22(27)25(18-9-3-4-10-19(18)29-20)14-21(26)24-13-16-7-5-11-28-16/h1-2,6,8,12,16,18-19H,3-5,7,9-11,13-14H2,(H,24,26)/b20-12+. The maximum atomic E-state index is 13.2. The highest BCUT2D eigenvalue weighted by molar-refractivity contribution is 9.10. The van der Waals surface area contributed by atoms with Gasteiger partial charge in [-0.3, -0.25) is 9.59 Å². The second-order valence-electron chi connectivity index (χ2n) is 7.91. The molecular weight excluding hydrogens is 436 g/mol. The summed E-state index contributed by atoms with van der Waals surface area (Å²) in [6, 6.07) is 7.67. The number of nitrogens with zero attached hydrogens (tertiary/aromatic N) is 1. The van der Waals surface area contributed by atoms with Gasteiger partial charge >= 0.3 is 0 Å². The zero-order valence-electron chi connectivity index (χ0n) is 16.4. The summed E-state index contributed by atoms with van der Waals surface area (Å²) < 4.78 is 12.6. The summed E-state index contributed by atoms with van der Waals surface area (Å²) in [6.07, 6.45) is 7.72. The summed E-state index contributed by atoms with van der Waals surface area (Å²) in [5.74, 6) is -0.0385. The Balaban J connectivity index is 1.49. The van der Waals surface area contributed by atoms with Crippen LogP contribution in [0.5, 0.6) is 0 Å². The predicted molar refractivity (Wildman–Crippen MR) is 113 cm³/mol. The van der Waals surface area contributed by atoms with E-state index in [0.29, 0.717) is 12.3 Å². The summed E-state index contributed by atoms with van der Waals surface area (Å²) in [5, 5.41) is 2.94. The van der Waals surface area contributed by atoms with Crippen molar-refractivity contribution in [2.24, 2.45) is 0 Å². The fourth-order valence-corrected chi connectivity index (χ4v) is 4.74. The van der Waals surface area contributed by atoms with Crippen molar-refractivity contribution < 1.29 is 19.1 Å². The minimum atomic E-state index is -0.212. The molecule has 3 unspecified atom stereocenters. The van der Waals surface area contributed by atoms with Gasteiger partial charge in [-0.05, 0) is 49.8 Å². The Morgan fingerprint density at radius 1 is 1.21 bits per heavy atom. The summed E-state index contributed by atoms with van der Waals surface area (Å²) >= 11 is 3.52. The molecular formula is C22H27BrN2O4. The lowest BCUT2D eigenvalue weighted by molar-refractivity contribution is -0.151. The first-order valence-corrected chi connectivity index (χ1v) is 11.2. The maximum absolute atomic E-state index is 13.2. The number of carbonyl (C=O) groups excluding carboxylic acids is 2. The molecule has 2 aliphatic heterocycles. The van der Waals surface area contributed by atoms with E-state index in [1.165, 1.54) is 0 Å². The van der Waals surface area contributed by atoms with E-state index >= 15 is 0 Å². The van der Waals surface area contributed by atoms with Crippen molar-refractivity contribution in [3.63, 3.8) is 0 Å². The summed E-state index contributed by atoms with van der Waals surface area (Å²) in [4.78, 5) is 27.5. The number of hydrogen-bond acceptors (Lipinski definition) is 4. The predicted octanol–water partition coefficient (Wildman–Crippen LogP) is 3.26. The van der Waals surface area contributed by atoms with Gasteiger partial charge in [-0.15, -0.1) is 0 Å². The SMILES string of the molecule is O=C(CN1C(=O)/C(=C\c2ccccc2Br)OC2CCCCC21)NCC1CCCO1. The third kappa shape index (κ3) is 4.83. The van der Waals surface area contributed by atoms with Crippen LogP contribution in [0, 0.1) is 0 Å². The van der Waals surface area contributed by atoms with Crippen molar-refractivity contribution >= 4 is 33.8 Å². The molecule has 3 atom stereocenters. The van der Waals surface area contributed by atoms with E-state index in [9.17, 15) is 9.59 Å². The molecule has 3 aliphatic rings. The fourth-order valence-electron chi connectivity index (χ4n) is 4.34. The Hall–Kier alpha value is -1.86. The largest absolute Gasteiger partial charge is 0.482 e. The molecule has 2 saturated heterocycles. The van der Waals surface area contributed by atoms with Gasteiger partial charge in [0.2, 0.25) is 5.91 Å². The Labute approximate surface area is 179 Å². The molecule has 4 rings (SSSR count). The quantitative estimate of drug-likeness (QED) is 0.681. The third-order valence-electron chi connectivity index (χ3n) is 5.87. The smallest absolute Gasteiger partial charge is 0.289 e. The lowest BCUT2D eigenvalue weighted by Gasteiger charge is -2.44. The Kier molecular flexibility index (Phi) is 6.55. The minimum absolute atomic E-state index is 0.0407. The molecule has 1 aromatic carbocycles. The number of morpholine rings is 1. The van der Waals surface area contributed by atoms with E-state index in [4.69, 9.17) is 9.47 Å². The van der Waals surface area contributed by atoms with Crippen LogP contribution in [0.4, 0.5) is 0 Å². The van der Waals surface area contributed by atoms with Crippen molar-refractivity contribution in [3.8, 4) is 0 Å². The first-order chi connectivity index (χ1) is 14.1. The summed E-state index contributed by atoms with van der Waals surface area (Å²) in [7, 11) is 0. The number of nitrogens with one attached hydrogen (secondary N) is 1. The van der Waals surface area contributed by atoms with E-state index in [0.717, 1.165) is 55.2 Å². The molecule has 1 N–H and O–H groups in total. The van der Waals surface area contributed by atoms with Gasteiger partial charge in [0.25, 0.3) is 5.91 Å². The molecule has 2 amide bonds. The zero-order valence-corrected chi connectivity index (χ0v) is 18.0. The van der Waals surface area contributed by atoms with E-state index in [2.05, 4.69) is 21.2 Å². The van der Waals surface area contributed by atoms with Crippen LogP contribution in [-0.4, -0.2) is 54.7 Å². The van der Waals surface area contributed by atoms with Crippen LogP contribution < -0.4 is 5.32 Å². The molecule has 0 bridgehead atoms. The second kappa shape index (κ2) is 9.30. The van der Waals surface area contributed by atoms with E-state index in [1.807, 2.05) is 24.3 Å². The van der Waals surface area contributed by atoms with Crippen molar-refractivity contribution in [3.05, 3.63) is 40.1 Å². The van der Waals surface area contributed by atoms with Crippen LogP contribution >= 0.6 is 15.9 Å². The molecule has 7 heteroatoms. The first kappa shape index (κ1) is 20.4. The van der Waals surface area contributed by atoms with E-state index in [1.54, 1.807) is 11.0 Å². The van der Waals surface area contributed by atoms with Gasteiger partial charge in [0.15, 0.2) is 5.76 Å². The fraction of sp³-hybridized carbons (Fsp3) is 0.545. The molecule has 1 aromatic rings. The van der Waals surface area contributed by atoms with Crippen molar-refractivity contribution in [1.82, 2.24) is 10.2 Å². The second-order valence-corrected chi connectivity index (χ2v) is 8.76. The van der Waals surface area contributed by atoms with Crippen LogP contribution in [0.15, 0.2) is 34.5 Å². The minimum Gasteiger partial charge on any atom is -0.482 e. The number of hydrogen-bond donors (Lipinski definition) is 1. The molecule has 1 aliphatic carbocycles. The third-order valence-corrected chi connectivity index (χ3v) is 6.60. The zero-order chi connectivity index (χ0) is 20.2. The van der Waals surface area contributed by atoms with Gasteiger partial charge in [-0.1, -0.05) is 40.5 Å². The van der Waals surface area contributed by atoms with E-state index < -0.39 is 0 Å². The number of halogens is 1. The molecule has 0 radical (unpaired) electrons. The number of carbonyl (C=O) groups is 2. The van der Waals surface area contributed by atoms with Gasteiger partial charge in [0, 0.05) is 17.6 Å². The first-order valence-electron chi connectivity index (χ1n) is 10.4. The van der Waals surface area contributed by atoms with Crippen molar-refractivity contribution in [1.29, 1.82) is 0 Å². The number of amides is 2. The molecule has 0 spiro atoms. The van der Waals surface area contributed by atoms with Gasteiger partial charge in [-0.2, -0.15) is 0 Å². The van der Waals surface area contributed by atoms with Gasteiger partial charge in [0.05, 0.1) is 12.1 Å². The molecule has 0 aromatic heterocycles. The lowest BCUT2D eigenvalue weighted by atomic mass is 9.89. The molecule has 29 heavy (non-hydrogen) atoms. The van der Waals surface area contributed by atoms with Gasteiger partial charge < -0.3 is 19.7 Å². The van der Waals surface area contributed by atoms with Crippen molar-refractivity contribution in [2.75, 3.05) is 19.7 Å². The monoisotopic (exact) mass is 462 g/mol. The average Bonchev–Trinajstić information content (AvgIpc) is 3.25.